The Morgan fingerprint density at radius 3 is 2.36 bits per heavy atom. The van der Waals surface area contributed by atoms with E-state index in [-0.39, 0.29) is 17.3 Å². The van der Waals surface area contributed by atoms with Crippen molar-refractivity contribution in [3.8, 4) is 17.2 Å². The molecular formula is C25H20FNO5S. The average Bonchev–Trinajstić information content (AvgIpc) is 3.11. The van der Waals surface area contributed by atoms with Crippen molar-refractivity contribution >= 4 is 34.7 Å². The lowest BCUT2D eigenvalue weighted by Crippen LogP contribution is -2.28. The number of methoxy groups -OCH3 is 2. The number of carbonyl (C=O) groups excluding carboxylic acids is 2. The van der Waals surface area contributed by atoms with Gasteiger partial charge < -0.3 is 14.2 Å². The van der Waals surface area contributed by atoms with Crippen molar-refractivity contribution in [3.63, 3.8) is 0 Å². The van der Waals surface area contributed by atoms with Crippen LogP contribution in [0.15, 0.2) is 71.6 Å². The monoisotopic (exact) mass is 465 g/mol. The second kappa shape index (κ2) is 9.79. The number of para-hydroxylation sites is 2. The molecule has 0 saturated carbocycles. The molecule has 0 bridgehead atoms. The number of hydrogen-bond donors (Lipinski definition) is 0. The zero-order valence-corrected chi connectivity index (χ0v) is 18.7. The molecule has 8 heteroatoms. The minimum atomic E-state index is -0.426. The molecule has 168 valence electrons. The van der Waals surface area contributed by atoms with E-state index in [0.717, 1.165) is 22.2 Å². The zero-order valence-electron chi connectivity index (χ0n) is 17.9. The Morgan fingerprint density at radius 2 is 1.64 bits per heavy atom. The molecule has 1 aliphatic rings. The Balaban J connectivity index is 1.54. The average molecular weight is 466 g/mol. The molecule has 0 aromatic heterocycles. The number of ether oxygens (including phenoxy) is 3. The molecule has 1 heterocycles. The number of nitrogens with zero attached hydrogens (tertiary/aromatic N) is 1. The van der Waals surface area contributed by atoms with E-state index < -0.39 is 11.1 Å². The van der Waals surface area contributed by atoms with E-state index in [1.807, 2.05) is 0 Å². The second-order valence-electron chi connectivity index (χ2n) is 7.01. The summed E-state index contributed by atoms with van der Waals surface area (Å²) in [6.07, 6.45) is 1.63. The predicted molar refractivity (Wildman–Crippen MR) is 125 cm³/mol. The van der Waals surface area contributed by atoms with Crippen LogP contribution in [0, 0.1) is 5.82 Å². The van der Waals surface area contributed by atoms with Gasteiger partial charge in [0.2, 0.25) is 0 Å². The first-order valence-electron chi connectivity index (χ1n) is 9.96. The minimum absolute atomic E-state index is 0.244. The number of halogens is 1. The van der Waals surface area contributed by atoms with Crippen LogP contribution in [-0.2, 0) is 11.4 Å². The molecule has 1 fully saturated rings. The quantitative estimate of drug-likeness (QED) is 0.420. The Bertz CT molecular complexity index is 1230. The summed E-state index contributed by atoms with van der Waals surface area (Å²) in [6, 6.07) is 18.1. The summed E-state index contributed by atoms with van der Waals surface area (Å²) in [6.45, 7) is 0.244. The van der Waals surface area contributed by atoms with Crippen molar-refractivity contribution in [2.75, 3.05) is 19.1 Å². The van der Waals surface area contributed by atoms with Gasteiger partial charge in [-0.15, -0.1) is 0 Å². The van der Waals surface area contributed by atoms with E-state index >= 15 is 0 Å². The number of carbonyl (C=O) groups is 2. The highest BCUT2D eigenvalue weighted by Crippen LogP contribution is 2.40. The number of benzene rings is 3. The van der Waals surface area contributed by atoms with Crippen LogP contribution in [-0.4, -0.2) is 25.4 Å². The van der Waals surface area contributed by atoms with E-state index in [9.17, 15) is 14.0 Å². The third kappa shape index (κ3) is 4.85. The van der Waals surface area contributed by atoms with Gasteiger partial charge in [-0.3, -0.25) is 9.59 Å². The lowest BCUT2D eigenvalue weighted by Gasteiger charge is -2.15. The van der Waals surface area contributed by atoms with E-state index in [2.05, 4.69) is 0 Å². The van der Waals surface area contributed by atoms with Gasteiger partial charge in [-0.1, -0.05) is 30.3 Å². The summed E-state index contributed by atoms with van der Waals surface area (Å²) in [5.74, 6) is 0.669. The fourth-order valence-electron chi connectivity index (χ4n) is 3.28. The first kappa shape index (κ1) is 22.4. The SMILES string of the molecule is COc1cc(/C=C2\SC(=O)N(c3ccccc3OC)C2=O)ccc1OCc1ccc(F)cc1. The van der Waals surface area contributed by atoms with Crippen molar-refractivity contribution in [2.24, 2.45) is 0 Å². The Hall–Kier alpha value is -3.78. The molecule has 0 aliphatic carbocycles. The van der Waals surface area contributed by atoms with Crippen molar-refractivity contribution in [2.45, 2.75) is 6.61 Å². The van der Waals surface area contributed by atoms with Crippen molar-refractivity contribution in [1.29, 1.82) is 0 Å². The second-order valence-corrected chi connectivity index (χ2v) is 8.01. The topological polar surface area (TPSA) is 65.1 Å². The van der Waals surface area contributed by atoms with Crippen molar-refractivity contribution < 1.29 is 28.2 Å². The Labute approximate surface area is 194 Å². The number of amides is 2. The maximum Gasteiger partial charge on any atom is 0.298 e. The highest BCUT2D eigenvalue weighted by atomic mass is 32.2. The van der Waals surface area contributed by atoms with E-state index in [1.165, 1.54) is 26.4 Å². The maximum absolute atomic E-state index is 13.1. The zero-order chi connectivity index (χ0) is 23.4. The van der Waals surface area contributed by atoms with Gasteiger partial charge in [0.1, 0.15) is 18.2 Å². The fourth-order valence-corrected chi connectivity index (χ4v) is 4.11. The smallest absolute Gasteiger partial charge is 0.298 e. The first-order valence-corrected chi connectivity index (χ1v) is 10.8. The number of anilines is 1. The number of hydrogen-bond acceptors (Lipinski definition) is 6. The molecule has 0 atom stereocenters. The molecule has 3 aromatic carbocycles. The van der Waals surface area contributed by atoms with Gasteiger partial charge in [-0.25, -0.2) is 9.29 Å². The fraction of sp³-hybridized carbons (Fsp3) is 0.120. The summed E-state index contributed by atoms with van der Waals surface area (Å²) < 4.78 is 29.6. The largest absolute Gasteiger partial charge is 0.495 e. The van der Waals surface area contributed by atoms with Gasteiger partial charge in [0, 0.05) is 0 Å². The molecule has 33 heavy (non-hydrogen) atoms. The third-order valence-electron chi connectivity index (χ3n) is 4.91. The van der Waals surface area contributed by atoms with Crippen molar-refractivity contribution in [1.82, 2.24) is 0 Å². The summed E-state index contributed by atoms with van der Waals surface area (Å²) >= 11 is 0.857. The van der Waals surface area contributed by atoms with E-state index in [0.29, 0.717) is 28.5 Å². The summed E-state index contributed by atoms with van der Waals surface area (Å²) in [4.78, 5) is 26.9. The molecule has 0 N–H and O–H groups in total. The van der Waals surface area contributed by atoms with E-state index in [1.54, 1.807) is 60.7 Å². The predicted octanol–water partition coefficient (Wildman–Crippen LogP) is 5.66. The van der Waals surface area contributed by atoms with Gasteiger partial charge in [-0.05, 0) is 65.4 Å². The molecule has 0 unspecified atom stereocenters. The van der Waals surface area contributed by atoms with Gasteiger partial charge in [0.05, 0.1) is 24.8 Å². The van der Waals surface area contributed by atoms with Crippen LogP contribution in [0.25, 0.3) is 6.08 Å². The Morgan fingerprint density at radius 1 is 0.909 bits per heavy atom. The maximum atomic E-state index is 13.1. The van der Waals surface area contributed by atoms with Crippen LogP contribution in [0.3, 0.4) is 0 Å². The third-order valence-corrected chi connectivity index (χ3v) is 5.78. The number of rotatable bonds is 7. The van der Waals surface area contributed by atoms with Crippen LogP contribution in [0.4, 0.5) is 14.9 Å². The molecule has 6 nitrogen and oxygen atoms in total. The molecule has 1 aliphatic heterocycles. The lowest BCUT2D eigenvalue weighted by molar-refractivity contribution is -0.113. The van der Waals surface area contributed by atoms with Gasteiger partial charge >= 0.3 is 0 Å². The van der Waals surface area contributed by atoms with Crippen LogP contribution in [0.2, 0.25) is 0 Å². The molecule has 0 spiro atoms. The molecule has 1 saturated heterocycles. The van der Waals surface area contributed by atoms with Gasteiger partial charge in [-0.2, -0.15) is 0 Å². The van der Waals surface area contributed by atoms with Crippen LogP contribution in [0.5, 0.6) is 17.2 Å². The summed E-state index contributed by atoms with van der Waals surface area (Å²) in [5, 5.41) is -0.401. The highest BCUT2D eigenvalue weighted by Gasteiger charge is 2.37. The normalized spacial score (nSPS) is 14.6. The Kier molecular flexibility index (Phi) is 6.65. The highest BCUT2D eigenvalue weighted by molar-refractivity contribution is 8.19. The van der Waals surface area contributed by atoms with Crippen LogP contribution >= 0.6 is 11.8 Å². The van der Waals surface area contributed by atoms with Gasteiger partial charge in [0.25, 0.3) is 11.1 Å². The molecule has 3 aromatic rings. The first-order chi connectivity index (χ1) is 16.0. The van der Waals surface area contributed by atoms with Crippen molar-refractivity contribution in [3.05, 3.63) is 88.6 Å². The van der Waals surface area contributed by atoms with E-state index in [4.69, 9.17) is 14.2 Å². The molecule has 0 radical (unpaired) electrons. The molecule has 2 amide bonds. The summed E-state index contributed by atoms with van der Waals surface area (Å²) in [7, 11) is 3.00. The lowest BCUT2D eigenvalue weighted by atomic mass is 10.1. The minimum Gasteiger partial charge on any atom is -0.495 e. The molecule has 4 rings (SSSR count). The summed E-state index contributed by atoms with van der Waals surface area (Å²) in [5.41, 5.74) is 1.88. The molecular weight excluding hydrogens is 445 g/mol. The van der Waals surface area contributed by atoms with Crippen LogP contribution < -0.4 is 19.1 Å². The number of thioether (sulfide) groups is 1. The van der Waals surface area contributed by atoms with Gasteiger partial charge in [0.15, 0.2) is 11.5 Å². The van der Waals surface area contributed by atoms with Crippen LogP contribution in [0.1, 0.15) is 11.1 Å². The standard InChI is InChI=1S/C25H20FNO5S/c1-30-20-6-4-3-5-19(20)27-24(28)23(33-25(27)29)14-17-9-12-21(22(13-17)31-2)32-15-16-7-10-18(26)11-8-16/h3-14H,15H2,1-2H3/b23-14-. The number of imide groups is 1.